The van der Waals surface area contributed by atoms with E-state index in [0.717, 1.165) is 29.0 Å². The predicted molar refractivity (Wildman–Crippen MR) is 97.6 cm³/mol. The first-order chi connectivity index (χ1) is 14.1. The van der Waals surface area contributed by atoms with Gasteiger partial charge >= 0.3 is 6.18 Å². The van der Waals surface area contributed by atoms with E-state index in [1.807, 2.05) is 0 Å². The van der Waals surface area contributed by atoms with E-state index in [2.05, 4.69) is 5.10 Å². The molecule has 3 rings (SSSR count). The molecular formula is C21H12F5N3O. The molecule has 0 spiro atoms. The van der Waals surface area contributed by atoms with Gasteiger partial charge in [-0.1, -0.05) is 12.1 Å². The number of aryl methyl sites for hydroxylation is 1. The smallest absolute Gasteiger partial charge is 0.288 e. The van der Waals surface area contributed by atoms with Crippen molar-refractivity contribution in [3.8, 4) is 11.8 Å². The number of benzene rings is 2. The van der Waals surface area contributed by atoms with E-state index in [1.54, 1.807) is 6.07 Å². The van der Waals surface area contributed by atoms with E-state index in [0.29, 0.717) is 11.6 Å². The molecule has 3 aromatic rings. The van der Waals surface area contributed by atoms with Crippen LogP contribution >= 0.6 is 0 Å². The lowest BCUT2D eigenvalue weighted by Crippen LogP contribution is -2.13. The van der Waals surface area contributed by atoms with E-state index in [1.165, 1.54) is 31.2 Å². The van der Waals surface area contributed by atoms with E-state index in [9.17, 15) is 32.0 Å². The van der Waals surface area contributed by atoms with Gasteiger partial charge in [-0.2, -0.15) is 23.5 Å². The number of ketones is 1. The molecule has 0 radical (unpaired) electrons. The summed E-state index contributed by atoms with van der Waals surface area (Å²) in [7, 11) is 0. The Hall–Kier alpha value is -3.80. The molecule has 0 amide bonds. The third-order valence-corrected chi connectivity index (χ3v) is 4.11. The summed E-state index contributed by atoms with van der Waals surface area (Å²) in [4.78, 5) is 12.4. The van der Waals surface area contributed by atoms with Crippen LogP contribution in [0.5, 0.6) is 0 Å². The summed E-state index contributed by atoms with van der Waals surface area (Å²) in [6, 6.07) is 10.4. The van der Waals surface area contributed by atoms with Crippen molar-refractivity contribution in [3.63, 3.8) is 0 Å². The van der Waals surface area contributed by atoms with E-state index < -0.39 is 40.4 Å². The number of halogens is 5. The van der Waals surface area contributed by atoms with Crippen molar-refractivity contribution in [2.24, 2.45) is 0 Å². The molecule has 1 heterocycles. The van der Waals surface area contributed by atoms with Gasteiger partial charge in [0.05, 0.1) is 16.9 Å². The quantitative estimate of drug-likeness (QED) is 0.252. The molecule has 0 unspecified atom stereocenters. The molecule has 0 fully saturated rings. The van der Waals surface area contributed by atoms with Crippen LogP contribution in [0.15, 0.2) is 54.1 Å². The Morgan fingerprint density at radius 3 is 2.33 bits per heavy atom. The second-order valence-electron chi connectivity index (χ2n) is 6.30. The summed E-state index contributed by atoms with van der Waals surface area (Å²) in [5.74, 6) is -2.92. The summed E-state index contributed by atoms with van der Waals surface area (Å²) >= 11 is 0. The summed E-state index contributed by atoms with van der Waals surface area (Å²) in [5.41, 5.74) is -1.19. The van der Waals surface area contributed by atoms with E-state index in [-0.39, 0.29) is 11.4 Å². The van der Waals surface area contributed by atoms with Crippen molar-refractivity contribution in [2.75, 3.05) is 0 Å². The van der Waals surface area contributed by atoms with Crippen molar-refractivity contribution >= 4 is 11.9 Å². The Morgan fingerprint density at radius 1 is 1.10 bits per heavy atom. The maximum absolute atomic E-state index is 13.8. The van der Waals surface area contributed by atoms with Gasteiger partial charge in [0.15, 0.2) is 0 Å². The van der Waals surface area contributed by atoms with Crippen LogP contribution in [0, 0.1) is 29.9 Å². The molecule has 152 valence electrons. The number of carbonyl (C=O) groups is 1. The third-order valence-electron chi connectivity index (χ3n) is 4.11. The number of alkyl halides is 3. The van der Waals surface area contributed by atoms with Gasteiger partial charge in [-0.15, -0.1) is 0 Å². The van der Waals surface area contributed by atoms with Crippen molar-refractivity contribution < 1.29 is 26.7 Å². The van der Waals surface area contributed by atoms with Crippen LogP contribution in [0.3, 0.4) is 0 Å². The molecule has 0 atom stereocenters. The lowest BCUT2D eigenvalue weighted by molar-refractivity contribution is -0.142. The third kappa shape index (κ3) is 4.27. The first-order valence-electron chi connectivity index (χ1n) is 8.46. The average Bonchev–Trinajstić information content (AvgIpc) is 3.08. The van der Waals surface area contributed by atoms with Crippen LogP contribution < -0.4 is 0 Å². The van der Waals surface area contributed by atoms with Crippen LogP contribution in [0.4, 0.5) is 22.0 Å². The zero-order chi connectivity index (χ0) is 22.1. The number of hydrogen-bond donors (Lipinski definition) is 0. The first-order valence-corrected chi connectivity index (χ1v) is 8.46. The highest BCUT2D eigenvalue weighted by Gasteiger charge is 2.35. The number of nitriles is 1. The molecule has 0 saturated carbocycles. The Kier molecular flexibility index (Phi) is 5.52. The van der Waals surface area contributed by atoms with Gasteiger partial charge < -0.3 is 0 Å². The zero-order valence-corrected chi connectivity index (χ0v) is 15.3. The second-order valence-corrected chi connectivity index (χ2v) is 6.30. The predicted octanol–water partition coefficient (Wildman–Crippen LogP) is 5.27. The molecule has 1 aromatic heterocycles. The summed E-state index contributed by atoms with van der Waals surface area (Å²) in [5, 5.41) is 13.1. The lowest BCUT2D eigenvalue weighted by Gasteiger charge is -2.10. The van der Waals surface area contributed by atoms with E-state index >= 15 is 0 Å². The fourth-order valence-electron chi connectivity index (χ4n) is 2.74. The molecule has 0 aliphatic rings. The average molecular weight is 417 g/mol. The SMILES string of the molecule is Cc1cc(C(F)(F)F)n(-c2ccc(/C=C(\C#N)C(=O)c3ccc(F)cc3F)cc2)n1. The summed E-state index contributed by atoms with van der Waals surface area (Å²) in [6.45, 7) is 1.43. The minimum atomic E-state index is -4.60. The second kappa shape index (κ2) is 7.91. The number of rotatable bonds is 4. The van der Waals surface area contributed by atoms with Crippen molar-refractivity contribution in [2.45, 2.75) is 13.1 Å². The molecule has 2 aromatic carbocycles. The number of allylic oxidation sites excluding steroid dienone is 1. The Morgan fingerprint density at radius 2 is 1.77 bits per heavy atom. The maximum atomic E-state index is 13.8. The topological polar surface area (TPSA) is 58.7 Å². The van der Waals surface area contributed by atoms with Gasteiger partial charge in [-0.3, -0.25) is 4.79 Å². The standard InChI is InChI=1S/C21H12F5N3O/c1-12-8-19(21(24,25)26)29(28-12)16-5-2-13(3-6-16)9-14(11-27)20(30)17-7-4-15(22)10-18(17)23/h2-10H,1H3/b14-9+. The molecule has 9 heteroatoms. The molecule has 0 aliphatic carbocycles. The number of Topliss-reactive ketones (excluding diaryl/α,β-unsaturated/α-hetero) is 1. The minimum absolute atomic E-state index is 0.127. The Labute approximate surface area is 167 Å². The number of carbonyl (C=O) groups excluding carboxylic acids is 1. The molecule has 0 aliphatic heterocycles. The van der Waals surface area contributed by atoms with E-state index in [4.69, 9.17) is 0 Å². The lowest BCUT2D eigenvalue weighted by atomic mass is 10.0. The highest BCUT2D eigenvalue weighted by atomic mass is 19.4. The fourth-order valence-corrected chi connectivity index (χ4v) is 2.74. The molecule has 0 N–H and O–H groups in total. The fraction of sp³-hybridized carbons (Fsp3) is 0.0952. The highest BCUT2D eigenvalue weighted by molar-refractivity contribution is 6.14. The van der Waals surface area contributed by atoms with Crippen LogP contribution in [-0.4, -0.2) is 15.6 Å². The monoisotopic (exact) mass is 417 g/mol. The van der Waals surface area contributed by atoms with Gasteiger partial charge in [0.1, 0.15) is 29.0 Å². The van der Waals surface area contributed by atoms with Crippen LogP contribution in [0.2, 0.25) is 0 Å². The van der Waals surface area contributed by atoms with Crippen molar-refractivity contribution in [1.29, 1.82) is 5.26 Å². The van der Waals surface area contributed by atoms with Gasteiger partial charge in [-0.05, 0) is 48.9 Å². The molecular weight excluding hydrogens is 405 g/mol. The van der Waals surface area contributed by atoms with Crippen LogP contribution in [0.1, 0.15) is 27.3 Å². The largest absolute Gasteiger partial charge is 0.433 e. The van der Waals surface area contributed by atoms with Crippen molar-refractivity contribution in [1.82, 2.24) is 9.78 Å². The Bertz CT molecular complexity index is 1180. The minimum Gasteiger partial charge on any atom is -0.288 e. The molecule has 4 nitrogen and oxygen atoms in total. The van der Waals surface area contributed by atoms with Gasteiger partial charge in [0.2, 0.25) is 5.78 Å². The van der Waals surface area contributed by atoms with Crippen LogP contribution in [0.25, 0.3) is 11.8 Å². The van der Waals surface area contributed by atoms with Crippen molar-refractivity contribution in [3.05, 3.63) is 88.3 Å². The molecule has 0 saturated heterocycles. The zero-order valence-electron chi connectivity index (χ0n) is 15.3. The molecule has 0 bridgehead atoms. The Balaban J connectivity index is 1.93. The number of nitrogens with zero attached hydrogens (tertiary/aromatic N) is 3. The summed E-state index contributed by atoms with van der Waals surface area (Å²) in [6.07, 6.45) is -3.44. The van der Waals surface area contributed by atoms with Gasteiger partial charge in [-0.25, -0.2) is 13.5 Å². The number of aromatic nitrogens is 2. The molecule has 30 heavy (non-hydrogen) atoms. The summed E-state index contributed by atoms with van der Waals surface area (Å²) < 4.78 is 67.0. The van der Waals surface area contributed by atoms with Gasteiger partial charge in [0, 0.05) is 6.07 Å². The van der Waals surface area contributed by atoms with Gasteiger partial charge in [0.25, 0.3) is 0 Å². The number of hydrogen-bond acceptors (Lipinski definition) is 3. The highest BCUT2D eigenvalue weighted by Crippen LogP contribution is 2.31. The first kappa shape index (κ1) is 20.9. The maximum Gasteiger partial charge on any atom is 0.433 e. The normalized spacial score (nSPS) is 12.0. The van der Waals surface area contributed by atoms with Crippen LogP contribution in [-0.2, 0) is 6.18 Å².